The van der Waals surface area contributed by atoms with Crippen LogP contribution in [0.1, 0.15) is 38.5 Å². The quantitative estimate of drug-likeness (QED) is 0.600. The zero-order valence-electron chi connectivity index (χ0n) is 19.9. The van der Waals surface area contributed by atoms with Crippen molar-refractivity contribution in [1.82, 2.24) is 9.47 Å². The highest BCUT2D eigenvalue weighted by molar-refractivity contribution is 5.83. The molecule has 1 aromatic heterocycles. The first-order chi connectivity index (χ1) is 17.1. The molecule has 6 rings (SSSR count). The average Bonchev–Trinajstić information content (AvgIpc) is 3.62. The van der Waals surface area contributed by atoms with Crippen molar-refractivity contribution < 1.29 is 14.2 Å². The van der Waals surface area contributed by atoms with Crippen LogP contribution in [-0.4, -0.2) is 59.0 Å². The molecule has 2 aromatic carbocycles. The molecule has 184 valence electrons. The number of likely N-dealkylation sites (tertiary alicyclic amines) is 1. The lowest BCUT2D eigenvalue weighted by Crippen LogP contribution is -2.35. The van der Waals surface area contributed by atoms with Gasteiger partial charge in [-0.2, -0.15) is 0 Å². The van der Waals surface area contributed by atoms with Crippen LogP contribution in [-0.2, 0) is 0 Å². The van der Waals surface area contributed by atoms with E-state index in [0.717, 1.165) is 57.2 Å². The van der Waals surface area contributed by atoms with Crippen LogP contribution in [0.25, 0.3) is 16.5 Å². The highest BCUT2D eigenvalue weighted by Gasteiger charge is 2.30. The summed E-state index contributed by atoms with van der Waals surface area (Å²) in [6, 6.07) is 12.8. The number of fused-ring (bicyclic) bond motifs is 1. The van der Waals surface area contributed by atoms with Crippen LogP contribution in [0.4, 0.5) is 10.1 Å². The number of nitrogens with zero attached hydrogens (tertiary/aromatic N) is 3. The van der Waals surface area contributed by atoms with Gasteiger partial charge >= 0.3 is 0 Å². The van der Waals surface area contributed by atoms with E-state index >= 15 is 4.39 Å². The normalized spacial score (nSPS) is 25.1. The molecular weight excluding hydrogens is 445 g/mol. The second-order valence-corrected chi connectivity index (χ2v) is 10.2. The van der Waals surface area contributed by atoms with Gasteiger partial charge in [0.15, 0.2) is 0 Å². The van der Waals surface area contributed by atoms with E-state index in [4.69, 9.17) is 4.74 Å². The van der Waals surface area contributed by atoms with Crippen molar-refractivity contribution in [3.63, 3.8) is 0 Å². The second-order valence-electron chi connectivity index (χ2n) is 10.2. The summed E-state index contributed by atoms with van der Waals surface area (Å²) in [4.78, 5) is 17.9. The number of benzene rings is 2. The molecule has 1 N–H and O–H groups in total. The van der Waals surface area contributed by atoms with E-state index in [0.29, 0.717) is 28.6 Å². The SMILES string of the molecule is O=c1c2ccc(OC3CCCC3O)cc2ccn1-c1ccc(N2CC[C@@H](N3CCCC3)C2)c(F)c1. The molecule has 3 fully saturated rings. The highest BCUT2D eigenvalue weighted by Crippen LogP contribution is 2.29. The molecule has 3 atom stereocenters. The van der Waals surface area contributed by atoms with E-state index in [-0.39, 0.29) is 17.5 Å². The standard InChI is InChI=1S/C28H32FN3O3/c29-24-17-20(6-9-25(24)31-14-11-21(18-31)30-12-1-2-13-30)32-15-10-19-16-22(7-8-23(19)28(32)34)35-27-5-3-4-26(27)33/h6-10,15-17,21,26-27,33H,1-5,11-14,18H2/t21-,26?,27?/m1/s1. The van der Waals surface area contributed by atoms with Gasteiger partial charge in [-0.15, -0.1) is 0 Å². The van der Waals surface area contributed by atoms with Gasteiger partial charge in [-0.3, -0.25) is 14.3 Å². The maximum absolute atomic E-state index is 15.2. The maximum Gasteiger partial charge on any atom is 0.262 e. The van der Waals surface area contributed by atoms with Crippen LogP contribution < -0.4 is 15.2 Å². The number of hydrogen-bond donors (Lipinski definition) is 1. The van der Waals surface area contributed by atoms with Gasteiger partial charge in [0, 0.05) is 36.8 Å². The van der Waals surface area contributed by atoms with Crippen molar-refractivity contribution in [2.45, 2.75) is 56.8 Å². The smallest absolute Gasteiger partial charge is 0.262 e. The van der Waals surface area contributed by atoms with Crippen LogP contribution in [0.3, 0.4) is 0 Å². The minimum absolute atomic E-state index is 0.197. The second kappa shape index (κ2) is 9.28. The molecular formula is C28H32FN3O3. The Labute approximate surface area is 204 Å². The maximum atomic E-state index is 15.2. The van der Waals surface area contributed by atoms with E-state index < -0.39 is 6.10 Å². The fraction of sp³-hybridized carbons (Fsp3) is 0.464. The Morgan fingerprint density at radius 1 is 0.943 bits per heavy atom. The van der Waals surface area contributed by atoms with Crippen molar-refractivity contribution in [3.05, 3.63) is 64.8 Å². The van der Waals surface area contributed by atoms with Crippen LogP contribution in [0, 0.1) is 5.82 Å². The van der Waals surface area contributed by atoms with Gasteiger partial charge in [-0.25, -0.2) is 4.39 Å². The Kier molecular flexibility index (Phi) is 5.98. The number of aliphatic hydroxyl groups is 1. The Morgan fingerprint density at radius 3 is 2.57 bits per heavy atom. The first-order valence-corrected chi connectivity index (χ1v) is 12.9. The number of rotatable bonds is 5. The predicted octanol–water partition coefficient (Wildman–Crippen LogP) is 4.10. The molecule has 2 unspecified atom stereocenters. The summed E-state index contributed by atoms with van der Waals surface area (Å²) < 4.78 is 22.7. The number of aliphatic hydroxyl groups excluding tert-OH is 1. The van der Waals surface area contributed by atoms with E-state index in [9.17, 15) is 9.90 Å². The molecule has 0 amide bonds. The van der Waals surface area contributed by atoms with Crippen LogP contribution in [0.2, 0.25) is 0 Å². The lowest BCUT2D eigenvalue weighted by molar-refractivity contribution is 0.0605. The van der Waals surface area contributed by atoms with Gasteiger partial charge in [-0.1, -0.05) is 0 Å². The van der Waals surface area contributed by atoms with Crippen LogP contribution in [0.15, 0.2) is 53.5 Å². The molecule has 0 bridgehead atoms. The molecule has 3 heterocycles. The van der Waals surface area contributed by atoms with E-state index in [1.54, 1.807) is 24.4 Å². The van der Waals surface area contributed by atoms with Crippen LogP contribution >= 0.6 is 0 Å². The molecule has 6 nitrogen and oxygen atoms in total. The first-order valence-electron chi connectivity index (χ1n) is 12.9. The minimum Gasteiger partial charge on any atom is -0.488 e. The third-order valence-corrected chi connectivity index (χ3v) is 7.95. The summed E-state index contributed by atoms with van der Waals surface area (Å²) in [5, 5.41) is 11.3. The Morgan fingerprint density at radius 2 is 1.80 bits per heavy atom. The van der Waals surface area contributed by atoms with Crippen molar-refractivity contribution >= 4 is 16.5 Å². The largest absolute Gasteiger partial charge is 0.488 e. The molecule has 2 saturated heterocycles. The fourth-order valence-corrected chi connectivity index (χ4v) is 5.99. The zero-order valence-corrected chi connectivity index (χ0v) is 19.9. The number of aromatic nitrogens is 1. The molecule has 1 saturated carbocycles. The van der Waals surface area contributed by atoms with Crippen molar-refractivity contribution in [1.29, 1.82) is 0 Å². The predicted molar refractivity (Wildman–Crippen MR) is 135 cm³/mol. The molecule has 3 aromatic rings. The number of anilines is 1. The zero-order chi connectivity index (χ0) is 23.9. The number of ether oxygens (including phenoxy) is 1. The average molecular weight is 478 g/mol. The summed E-state index contributed by atoms with van der Waals surface area (Å²) in [6.45, 7) is 4.02. The van der Waals surface area contributed by atoms with Crippen molar-refractivity contribution in [2.75, 3.05) is 31.1 Å². The molecule has 1 aliphatic carbocycles. The van der Waals surface area contributed by atoms with Gasteiger partial charge in [0.2, 0.25) is 0 Å². The lowest BCUT2D eigenvalue weighted by Gasteiger charge is -2.25. The Hall–Kier alpha value is -2.90. The van der Waals surface area contributed by atoms with Crippen molar-refractivity contribution in [3.8, 4) is 11.4 Å². The summed E-state index contributed by atoms with van der Waals surface area (Å²) in [7, 11) is 0. The molecule has 0 radical (unpaired) electrons. The van der Waals surface area contributed by atoms with Gasteiger partial charge in [-0.05, 0) is 93.4 Å². The Bertz CT molecular complexity index is 1290. The van der Waals surface area contributed by atoms with E-state index in [1.165, 1.54) is 23.5 Å². The van der Waals surface area contributed by atoms with Gasteiger partial charge in [0.25, 0.3) is 5.56 Å². The van der Waals surface area contributed by atoms with E-state index in [1.807, 2.05) is 18.2 Å². The molecule has 35 heavy (non-hydrogen) atoms. The topological polar surface area (TPSA) is 57.9 Å². The summed E-state index contributed by atoms with van der Waals surface area (Å²) in [5.41, 5.74) is 0.931. The van der Waals surface area contributed by atoms with Gasteiger partial charge in [0.1, 0.15) is 17.7 Å². The summed E-state index contributed by atoms with van der Waals surface area (Å²) >= 11 is 0. The molecule has 2 aliphatic heterocycles. The van der Waals surface area contributed by atoms with Crippen molar-refractivity contribution in [2.24, 2.45) is 0 Å². The number of halogens is 1. The monoisotopic (exact) mass is 477 g/mol. The van der Waals surface area contributed by atoms with Gasteiger partial charge < -0.3 is 14.7 Å². The third kappa shape index (κ3) is 4.32. The summed E-state index contributed by atoms with van der Waals surface area (Å²) in [5.74, 6) is 0.351. The molecule has 0 spiro atoms. The molecule has 7 heteroatoms. The minimum atomic E-state index is -0.441. The third-order valence-electron chi connectivity index (χ3n) is 7.95. The van der Waals surface area contributed by atoms with Gasteiger partial charge in [0.05, 0.1) is 17.5 Å². The first kappa shape index (κ1) is 22.6. The molecule has 3 aliphatic rings. The highest BCUT2D eigenvalue weighted by atomic mass is 19.1. The number of pyridine rings is 1. The van der Waals surface area contributed by atoms with Crippen LogP contribution in [0.5, 0.6) is 5.75 Å². The lowest BCUT2D eigenvalue weighted by atomic mass is 10.1. The van der Waals surface area contributed by atoms with E-state index in [2.05, 4.69) is 9.80 Å². The Balaban J connectivity index is 1.22. The summed E-state index contributed by atoms with van der Waals surface area (Å²) in [6.07, 6.45) is 7.18. The fourth-order valence-electron chi connectivity index (χ4n) is 5.99. The number of hydrogen-bond acceptors (Lipinski definition) is 5.